The normalized spacial score (nSPS) is 12.2. The third-order valence-corrected chi connectivity index (χ3v) is 5.29. The molecular weight excluding hydrogens is 360 g/mol. The second-order valence-corrected chi connectivity index (χ2v) is 8.57. The van der Waals surface area contributed by atoms with Crippen LogP contribution in [0.2, 0.25) is 0 Å². The standard InChI is InChI=1S/C19H22N6OS/c1-6-11-10-15(26)25-18(21-11)27-17(23-25)20-12-7-8-14-13(9-12)22-16(24(14)5)19(2,3)4/h7-10H,6H2,1-5H3,(H,20,23). The van der Waals surface area contributed by atoms with Crippen molar-refractivity contribution < 1.29 is 0 Å². The number of hydrogen-bond donors (Lipinski definition) is 1. The molecule has 0 aliphatic rings. The number of nitrogens with one attached hydrogen (secondary N) is 1. The van der Waals surface area contributed by atoms with Gasteiger partial charge in [-0.25, -0.2) is 9.97 Å². The largest absolute Gasteiger partial charge is 0.331 e. The van der Waals surface area contributed by atoms with Gasteiger partial charge in [-0.05, 0) is 24.6 Å². The predicted octanol–water partition coefficient (Wildman–Crippen LogP) is 3.64. The Morgan fingerprint density at radius 1 is 1.19 bits per heavy atom. The fourth-order valence-corrected chi connectivity index (χ4v) is 4.00. The van der Waals surface area contributed by atoms with E-state index < -0.39 is 0 Å². The molecule has 0 atom stereocenters. The third kappa shape index (κ3) is 3.10. The third-order valence-electron chi connectivity index (χ3n) is 4.46. The lowest BCUT2D eigenvalue weighted by Gasteiger charge is -2.17. The SMILES string of the molecule is CCc1cc(=O)n2nc(Nc3ccc4c(c3)nc(C(C)(C)C)n4C)sc2n1. The van der Waals surface area contributed by atoms with Crippen molar-refractivity contribution in [2.24, 2.45) is 7.05 Å². The Labute approximate surface area is 160 Å². The maximum Gasteiger partial charge on any atom is 0.275 e. The zero-order valence-electron chi connectivity index (χ0n) is 16.1. The topological polar surface area (TPSA) is 77.1 Å². The number of fused-ring (bicyclic) bond motifs is 2. The van der Waals surface area contributed by atoms with E-state index in [4.69, 9.17) is 4.98 Å². The van der Waals surface area contributed by atoms with Gasteiger partial charge in [0.25, 0.3) is 5.56 Å². The maximum absolute atomic E-state index is 12.2. The number of aromatic nitrogens is 5. The molecule has 27 heavy (non-hydrogen) atoms. The van der Waals surface area contributed by atoms with Gasteiger partial charge in [0, 0.05) is 29.9 Å². The number of aryl methyl sites for hydroxylation is 2. The first-order chi connectivity index (χ1) is 12.8. The second kappa shape index (κ2) is 6.16. The van der Waals surface area contributed by atoms with Crippen LogP contribution in [0.4, 0.5) is 10.8 Å². The molecule has 4 rings (SSSR count). The summed E-state index contributed by atoms with van der Waals surface area (Å²) >= 11 is 1.36. The molecule has 0 aliphatic carbocycles. The first-order valence-electron chi connectivity index (χ1n) is 8.90. The first kappa shape index (κ1) is 17.7. The molecule has 0 spiro atoms. The zero-order chi connectivity index (χ0) is 19.3. The van der Waals surface area contributed by atoms with Gasteiger partial charge < -0.3 is 9.88 Å². The van der Waals surface area contributed by atoms with Gasteiger partial charge in [-0.15, -0.1) is 5.10 Å². The second-order valence-electron chi connectivity index (χ2n) is 7.61. The van der Waals surface area contributed by atoms with Gasteiger partial charge in [0.2, 0.25) is 10.1 Å². The van der Waals surface area contributed by atoms with Crippen molar-refractivity contribution in [3.63, 3.8) is 0 Å². The van der Waals surface area contributed by atoms with Crippen LogP contribution >= 0.6 is 11.3 Å². The van der Waals surface area contributed by atoms with Crippen LogP contribution in [-0.2, 0) is 18.9 Å². The van der Waals surface area contributed by atoms with Crippen molar-refractivity contribution >= 4 is 38.2 Å². The van der Waals surface area contributed by atoms with Gasteiger partial charge in [-0.1, -0.05) is 39.0 Å². The Balaban J connectivity index is 1.72. The van der Waals surface area contributed by atoms with Crippen LogP contribution in [0.5, 0.6) is 0 Å². The molecule has 1 aromatic carbocycles. The van der Waals surface area contributed by atoms with Gasteiger partial charge in [-0.3, -0.25) is 4.79 Å². The molecule has 3 heterocycles. The fraction of sp³-hybridized carbons (Fsp3) is 0.368. The Morgan fingerprint density at radius 2 is 1.96 bits per heavy atom. The van der Waals surface area contributed by atoms with E-state index in [1.807, 2.05) is 32.2 Å². The summed E-state index contributed by atoms with van der Waals surface area (Å²) in [7, 11) is 2.04. The summed E-state index contributed by atoms with van der Waals surface area (Å²) in [6, 6.07) is 7.58. The summed E-state index contributed by atoms with van der Waals surface area (Å²) in [6.45, 7) is 8.45. The van der Waals surface area contributed by atoms with Crippen LogP contribution < -0.4 is 10.9 Å². The summed E-state index contributed by atoms with van der Waals surface area (Å²) < 4.78 is 3.47. The number of imidazole rings is 1. The van der Waals surface area contributed by atoms with Crippen molar-refractivity contribution in [1.82, 2.24) is 24.1 Å². The van der Waals surface area contributed by atoms with Crippen molar-refractivity contribution in [2.75, 3.05) is 5.32 Å². The molecule has 0 fully saturated rings. The van der Waals surface area contributed by atoms with Crippen LogP contribution in [0, 0.1) is 0 Å². The highest BCUT2D eigenvalue weighted by atomic mass is 32.1. The highest BCUT2D eigenvalue weighted by Gasteiger charge is 2.21. The first-order valence-corrected chi connectivity index (χ1v) is 9.71. The van der Waals surface area contributed by atoms with Crippen LogP contribution in [-0.4, -0.2) is 24.1 Å². The molecule has 1 N–H and O–H groups in total. The van der Waals surface area contributed by atoms with E-state index in [0.29, 0.717) is 10.1 Å². The van der Waals surface area contributed by atoms with Crippen LogP contribution in [0.15, 0.2) is 29.1 Å². The molecule has 8 heteroatoms. The lowest BCUT2D eigenvalue weighted by atomic mass is 9.96. The highest BCUT2D eigenvalue weighted by molar-refractivity contribution is 7.20. The van der Waals surface area contributed by atoms with E-state index in [9.17, 15) is 4.79 Å². The zero-order valence-corrected chi connectivity index (χ0v) is 16.9. The molecule has 0 bridgehead atoms. The van der Waals surface area contributed by atoms with Gasteiger partial charge in [0.1, 0.15) is 5.82 Å². The minimum absolute atomic E-state index is 0.0295. The molecule has 4 aromatic rings. The number of hydrogen-bond acceptors (Lipinski definition) is 6. The fourth-order valence-electron chi connectivity index (χ4n) is 3.16. The van der Waals surface area contributed by atoms with Crippen LogP contribution in [0.3, 0.4) is 0 Å². The highest BCUT2D eigenvalue weighted by Crippen LogP contribution is 2.28. The summed E-state index contributed by atoms with van der Waals surface area (Å²) in [5.74, 6) is 1.04. The molecule has 0 saturated carbocycles. The molecule has 140 valence electrons. The van der Waals surface area contributed by atoms with E-state index in [-0.39, 0.29) is 11.0 Å². The predicted molar refractivity (Wildman–Crippen MR) is 109 cm³/mol. The van der Waals surface area contributed by atoms with E-state index in [1.54, 1.807) is 0 Å². The van der Waals surface area contributed by atoms with Crippen molar-refractivity contribution in [3.8, 4) is 0 Å². The van der Waals surface area contributed by atoms with Gasteiger partial charge in [0.05, 0.1) is 11.0 Å². The van der Waals surface area contributed by atoms with Gasteiger partial charge >= 0.3 is 0 Å². The van der Waals surface area contributed by atoms with E-state index >= 15 is 0 Å². The molecule has 0 aliphatic heterocycles. The lowest BCUT2D eigenvalue weighted by Crippen LogP contribution is -2.17. The Kier molecular flexibility index (Phi) is 4.03. The van der Waals surface area contributed by atoms with E-state index in [0.717, 1.165) is 34.7 Å². The Morgan fingerprint density at radius 3 is 2.67 bits per heavy atom. The summed E-state index contributed by atoms with van der Waals surface area (Å²) in [5, 5.41) is 8.25. The number of anilines is 2. The number of nitrogens with zero attached hydrogens (tertiary/aromatic N) is 5. The minimum Gasteiger partial charge on any atom is -0.331 e. The van der Waals surface area contributed by atoms with Crippen molar-refractivity contribution in [1.29, 1.82) is 0 Å². The van der Waals surface area contributed by atoms with E-state index in [1.165, 1.54) is 21.9 Å². The summed E-state index contributed by atoms with van der Waals surface area (Å²) in [5.41, 5.74) is 3.48. The van der Waals surface area contributed by atoms with Gasteiger partial charge in [0.15, 0.2) is 0 Å². The van der Waals surface area contributed by atoms with Gasteiger partial charge in [-0.2, -0.15) is 4.52 Å². The molecular formula is C19H22N6OS. The van der Waals surface area contributed by atoms with Crippen molar-refractivity contribution in [3.05, 3.63) is 46.1 Å². The summed E-state index contributed by atoms with van der Waals surface area (Å²) in [4.78, 5) is 22.0. The lowest BCUT2D eigenvalue weighted by molar-refractivity contribution is 0.526. The Bertz CT molecular complexity index is 1210. The molecule has 0 radical (unpaired) electrons. The monoisotopic (exact) mass is 382 g/mol. The van der Waals surface area contributed by atoms with Crippen LogP contribution in [0.25, 0.3) is 16.0 Å². The molecule has 0 unspecified atom stereocenters. The Hall–Kier alpha value is -2.74. The smallest absolute Gasteiger partial charge is 0.275 e. The summed E-state index contributed by atoms with van der Waals surface area (Å²) in [6.07, 6.45) is 0.721. The van der Waals surface area contributed by atoms with Crippen molar-refractivity contribution in [2.45, 2.75) is 39.5 Å². The minimum atomic E-state index is -0.156. The molecule has 7 nitrogen and oxygen atoms in total. The molecule has 0 amide bonds. The number of benzene rings is 1. The molecule has 0 saturated heterocycles. The van der Waals surface area contributed by atoms with Crippen LogP contribution in [0.1, 0.15) is 39.2 Å². The average molecular weight is 382 g/mol. The maximum atomic E-state index is 12.2. The quantitative estimate of drug-likeness (QED) is 0.585. The molecule has 3 aromatic heterocycles. The average Bonchev–Trinajstić information content (AvgIpc) is 3.15. The number of rotatable bonds is 3. The van der Waals surface area contributed by atoms with E-state index in [2.05, 4.69) is 40.7 Å².